The van der Waals surface area contributed by atoms with Crippen molar-refractivity contribution in [2.45, 2.75) is 32.0 Å². The molecule has 1 aromatic carbocycles. The van der Waals surface area contributed by atoms with Gasteiger partial charge in [-0.3, -0.25) is 4.99 Å². The zero-order valence-corrected chi connectivity index (χ0v) is 18.7. The predicted molar refractivity (Wildman–Crippen MR) is 121 cm³/mol. The topological polar surface area (TPSA) is 59.2 Å². The van der Waals surface area contributed by atoms with Gasteiger partial charge < -0.3 is 24.1 Å². The molecule has 3 rings (SSSR count). The number of furan rings is 1. The van der Waals surface area contributed by atoms with Crippen molar-refractivity contribution in [1.29, 1.82) is 0 Å². The van der Waals surface area contributed by atoms with Gasteiger partial charge in [0, 0.05) is 46.1 Å². The van der Waals surface area contributed by atoms with E-state index < -0.39 is 0 Å². The number of halogens is 1. The SMILES string of the molecule is CN=C(NCCCOCc1ccco1)N1CCC(Oc2ccccc2)CC1.I. The molecule has 2 heterocycles. The number of nitrogens with zero attached hydrogens (tertiary/aromatic N) is 2. The molecular weight excluding hydrogens is 469 g/mol. The molecule has 0 amide bonds. The summed E-state index contributed by atoms with van der Waals surface area (Å²) in [6.07, 6.45) is 4.87. The molecule has 1 aliphatic rings. The molecule has 0 radical (unpaired) electrons. The molecule has 0 saturated carbocycles. The number of ether oxygens (including phenoxy) is 2. The number of piperidine rings is 1. The van der Waals surface area contributed by atoms with Crippen molar-refractivity contribution in [3.05, 3.63) is 54.5 Å². The van der Waals surface area contributed by atoms with E-state index in [4.69, 9.17) is 13.9 Å². The van der Waals surface area contributed by atoms with Gasteiger partial charge in [-0.1, -0.05) is 18.2 Å². The van der Waals surface area contributed by atoms with Crippen LogP contribution in [0.25, 0.3) is 0 Å². The number of benzene rings is 1. The van der Waals surface area contributed by atoms with Crippen LogP contribution in [0.5, 0.6) is 5.75 Å². The average molecular weight is 499 g/mol. The summed E-state index contributed by atoms with van der Waals surface area (Å²) in [5, 5.41) is 3.43. The van der Waals surface area contributed by atoms with E-state index in [1.54, 1.807) is 6.26 Å². The summed E-state index contributed by atoms with van der Waals surface area (Å²) < 4.78 is 16.9. The number of guanidine groups is 1. The summed E-state index contributed by atoms with van der Waals surface area (Å²) in [4.78, 5) is 6.71. The Hall–Kier alpha value is -1.74. The van der Waals surface area contributed by atoms with Gasteiger partial charge >= 0.3 is 0 Å². The molecular formula is C21H30IN3O3. The van der Waals surface area contributed by atoms with Gasteiger partial charge in [0.05, 0.1) is 6.26 Å². The fourth-order valence-electron chi connectivity index (χ4n) is 3.15. The molecule has 154 valence electrons. The largest absolute Gasteiger partial charge is 0.490 e. The monoisotopic (exact) mass is 499 g/mol. The van der Waals surface area contributed by atoms with E-state index in [0.29, 0.717) is 13.2 Å². The minimum absolute atomic E-state index is 0. The van der Waals surface area contributed by atoms with Crippen LogP contribution in [-0.2, 0) is 11.3 Å². The number of nitrogens with one attached hydrogen (secondary N) is 1. The zero-order valence-electron chi connectivity index (χ0n) is 16.4. The first-order valence-electron chi connectivity index (χ1n) is 9.62. The molecule has 2 aromatic rings. The van der Waals surface area contributed by atoms with E-state index in [1.165, 1.54) is 0 Å². The zero-order chi connectivity index (χ0) is 18.7. The summed E-state index contributed by atoms with van der Waals surface area (Å²) in [6, 6.07) is 13.8. The molecule has 1 aliphatic heterocycles. The summed E-state index contributed by atoms with van der Waals surface area (Å²) in [5.41, 5.74) is 0. The van der Waals surface area contributed by atoms with Crippen LogP contribution >= 0.6 is 24.0 Å². The smallest absolute Gasteiger partial charge is 0.193 e. The van der Waals surface area contributed by atoms with E-state index in [1.807, 2.05) is 49.5 Å². The maximum absolute atomic E-state index is 6.06. The van der Waals surface area contributed by atoms with Gasteiger partial charge in [0.2, 0.25) is 0 Å². The Morgan fingerprint density at radius 3 is 2.64 bits per heavy atom. The quantitative estimate of drug-likeness (QED) is 0.258. The summed E-state index contributed by atoms with van der Waals surface area (Å²) in [6.45, 7) is 3.96. The van der Waals surface area contributed by atoms with Crippen molar-refractivity contribution in [3.63, 3.8) is 0 Å². The average Bonchev–Trinajstić information content (AvgIpc) is 3.23. The minimum Gasteiger partial charge on any atom is -0.490 e. The fraction of sp³-hybridized carbons (Fsp3) is 0.476. The Labute approximate surface area is 184 Å². The van der Waals surface area contributed by atoms with Crippen molar-refractivity contribution in [3.8, 4) is 5.75 Å². The second-order valence-corrected chi connectivity index (χ2v) is 6.58. The van der Waals surface area contributed by atoms with E-state index in [-0.39, 0.29) is 30.1 Å². The highest BCUT2D eigenvalue weighted by atomic mass is 127. The highest BCUT2D eigenvalue weighted by Gasteiger charge is 2.22. The van der Waals surface area contributed by atoms with Crippen LogP contribution in [-0.4, -0.2) is 50.3 Å². The molecule has 0 bridgehead atoms. The molecule has 1 fully saturated rings. The molecule has 7 heteroatoms. The maximum Gasteiger partial charge on any atom is 0.193 e. The first-order valence-corrected chi connectivity index (χ1v) is 9.62. The third-order valence-corrected chi connectivity index (χ3v) is 4.57. The predicted octanol–water partition coefficient (Wildman–Crippen LogP) is 3.92. The highest BCUT2D eigenvalue weighted by Crippen LogP contribution is 2.18. The molecule has 1 aromatic heterocycles. The Bertz CT molecular complexity index is 671. The summed E-state index contributed by atoms with van der Waals surface area (Å²) in [7, 11) is 1.84. The third kappa shape index (κ3) is 7.35. The highest BCUT2D eigenvalue weighted by molar-refractivity contribution is 14.0. The van der Waals surface area contributed by atoms with Crippen molar-refractivity contribution in [2.75, 3.05) is 33.3 Å². The van der Waals surface area contributed by atoms with Crippen LogP contribution in [0.4, 0.5) is 0 Å². The number of aliphatic imine (C=N–C) groups is 1. The summed E-state index contributed by atoms with van der Waals surface area (Å²) >= 11 is 0. The van der Waals surface area contributed by atoms with E-state index in [2.05, 4.69) is 15.2 Å². The van der Waals surface area contributed by atoms with E-state index in [9.17, 15) is 0 Å². The Balaban J connectivity index is 0.00000280. The number of para-hydroxylation sites is 1. The number of likely N-dealkylation sites (tertiary alicyclic amines) is 1. The molecule has 0 aliphatic carbocycles. The molecule has 28 heavy (non-hydrogen) atoms. The summed E-state index contributed by atoms with van der Waals surface area (Å²) in [5.74, 6) is 2.77. The van der Waals surface area contributed by atoms with Crippen LogP contribution in [0, 0.1) is 0 Å². The van der Waals surface area contributed by atoms with Gasteiger partial charge in [0.1, 0.15) is 24.2 Å². The van der Waals surface area contributed by atoms with Crippen LogP contribution in [0.3, 0.4) is 0 Å². The van der Waals surface area contributed by atoms with Gasteiger partial charge in [0.25, 0.3) is 0 Å². The van der Waals surface area contributed by atoms with Gasteiger partial charge in [-0.05, 0) is 30.7 Å². The first kappa shape index (κ1) is 22.5. The van der Waals surface area contributed by atoms with Crippen molar-refractivity contribution in [2.24, 2.45) is 4.99 Å². The van der Waals surface area contributed by atoms with Crippen molar-refractivity contribution >= 4 is 29.9 Å². The van der Waals surface area contributed by atoms with Crippen LogP contribution < -0.4 is 10.1 Å². The van der Waals surface area contributed by atoms with E-state index in [0.717, 1.165) is 56.4 Å². The molecule has 1 saturated heterocycles. The molecule has 0 atom stereocenters. The van der Waals surface area contributed by atoms with Gasteiger partial charge in [-0.2, -0.15) is 0 Å². The number of rotatable bonds is 8. The second kappa shape index (κ2) is 12.7. The lowest BCUT2D eigenvalue weighted by atomic mass is 10.1. The number of hydrogen-bond donors (Lipinski definition) is 1. The molecule has 0 unspecified atom stereocenters. The fourth-order valence-corrected chi connectivity index (χ4v) is 3.15. The minimum atomic E-state index is 0. The van der Waals surface area contributed by atoms with Crippen LogP contribution in [0.1, 0.15) is 25.0 Å². The lowest BCUT2D eigenvalue weighted by Gasteiger charge is -2.34. The third-order valence-electron chi connectivity index (χ3n) is 4.57. The standard InChI is InChI=1S/C21H29N3O3.HI/c1-22-21(23-12-6-15-25-17-20-9-5-16-26-20)24-13-10-19(11-14-24)27-18-7-3-2-4-8-18;/h2-5,7-9,16,19H,6,10-15,17H2,1H3,(H,22,23);1H. The van der Waals surface area contributed by atoms with E-state index >= 15 is 0 Å². The molecule has 6 nitrogen and oxygen atoms in total. The lowest BCUT2D eigenvalue weighted by molar-refractivity contribution is 0.104. The first-order chi connectivity index (χ1) is 13.3. The number of hydrogen-bond acceptors (Lipinski definition) is 4. The van der Waals surface area contributed by atoms with Crippen molar-refractivity contribution in [1.82, 2.24) is 10.2 Å². The lowest BCUT2D eigenvalue weighted by Crippen LogP contribution is -2.47. The second-order valence-electron chi connectivity index (χ2n) is 6.58. The van der Waals surface area contributed by atoms with Crippen molar-refractivity contribution < 1.29 is 13.9 Å². The Morgan fingerprint density at radius 2 is 1.96 bits per heavy atom. The maximum atomic E-state index is 6.06. The van der Waals surface area contributed by atoms with Gasteiger partial charge in [-0.25, -0.2) is 0 Å². The molecule has 0 spiro atoms. The Kier molecular flexibility index (Phi) is 10.2. The normalized spacial score (nSPS) is 15.2. The van der Waals surface area contributed by atoms with Gasteiger partial charge in [-0.15, -0.1) is 24.0 Å². The molecule has 1 N–H and O–H groups in total. The van der Waals surface area contributed by atoms with Crippen LogP contribution in [0.2, 0.25) is 0 Å². The Morgan fingerprint density at radius 1 is 1.18 bits per heavy atom. The van der Waals surface area contributed by atoms with Crippen LogP contribution in [0.15, 0.2) is 58.1 Å². The van der Waals surface area contributed by atoms with Gasteiger partial charge in [0.15, 0.2) is 5.96 Å².